The second-order valence-electron chi connectivity index (χ2n) is 3.62. The predicted molar refractivity (Wildman–Crippen MR) is 62.7 cm³/mol. The SMILES string of the molecule is CCCc1ccc(C(N)CC)c(Cl)c1. The smallest absolute Gasteiger partial charge is 0.0456 e. The maximum Gasteiger partial charge on any atom is 0.0456 e. The molecule has 0 radical (unpaired) electrons. The number of hydrogen-bond acceptors (Lipinski definition) is 1. The van der Waals surface area contributed by atoms with Crippen LogP contribution in [0.1, 0.15) is 43.9 Å². The minimum absolute atomic E-state index is 0.0678. The highest BCUT2D eigenvalue weighted by Crippen LogP contribution is 2.25. The molecule has 0 aliphatic rings. The second-order valence-corrected chi connectivity index (χ2v) is 4.03. The largest absolute Gasteiger partial charge is 0.324 e. The molecule has 78 valence electrons. The zero-order valence-corrected chi connectivity index (χ0v) is 9.64. The van der Waals surface area contributed by atoms with Gasteiger partial charge >= 0.3 is 0 Å². The lowest BCUT2D eigenvalue weighted by atomic mass is 10.0. The number of hydrogen-bond donors (Lipinski definition) is 1. The van der Waals surface area contributed by atoms with Gasteiger partial charge in [0.1, 0.15) is 0 Å². The van der Waals surface area contributed by atoms with Gasteiger partial charge in [-0.05, 0) is 30.0 Å². The maximum absolute atomic E-state index is 6.16. The van der Waals surface area contributed by atoms with Gasteiger partial charge in [-0.25, -0.2) is 0 Å². The van der Waals surface area contributed by atoms with Gasteiger partial charge in [0.15, 0.2) is 0 Å². The van der Waals surface area contributed by atoms with Crippen LogP contribution in [0.5, 0.6) is 0 Å². The van der Waals surface area contributed by atoms with E-state index in [2.05, 4.69) is 26.0 Å². The monoisotopic (exact) mass is 211 g/mol. The van der Waals surface area contributed by atoms with Crippen molar-refractivity contribution in [2.75, 3.05) is 0 Å². The first-order chi connectivity index (χ1) is 6.69. The van der Waals surface area contributed by atoms with Crippen molar-refractivity contribution < 1.29 is 0 Å². The van der Waals surface area contributed by atoms with Crippen LogP contribution in [0.15, 0.2) is 18.2 Å². The van der Waals surface area contributed by atoms with Gasteiger partial charge in [0.25, 0.3) is 0 Å². The van der Waals surface area contributed by atoms with Crippen molar-refractivity contribution in [2.24, 2.45) is 5.73 Å². The van der Waals surface area contributed by atoms with Gasteiger partial charge in [-0.1, -0.05) is 44.0 Å². The summed E-state index contributed by atoms with van der Waals surface area (Å²) in [6, 6.07) is 6.29. The molecule has 0 heterocycles. The van der Waals surface area contributed by atoms with E-state index in [-0.39, 0.29) is 6.04 Å². The van der Waals surface area contributed by atoms with Crippen LogP contribution in [0.3, 0.4) is 0 Å². The molecule has 0 aliphatic carbocycles. The molecule has 0 bridgehead atoms. The van der Waals surface area contributed by atoms with Crippen molar-refractivity contribution in [1.29, 1.82) is 0 Å². The molecule has 1 rings (SSSR count). The summed E-state index contributed by atoms with van der Waals surface area (Å²) in [5, 5.41) is 0.810. The number of nitrogens with two attached hydrogens (primary N) is 1. The Balaban J connectivity index is 2.89. The first-order valence-electron chi connectivity index (χ1n) is 5.23. The van der Waals surface area contributed by atoms with E-state index < -0.39 is 0 Å². The highest BCUT2D eigenvalue weighted by molar-refractivity contribution is 6.31. The number of aryl methyl sites for hydroxylation is 1. The lowest BCUT2D eigenvalue weighted by Crippen LogP contribution is -2.09. The zero-order chi connectivity index (χ0) is 10.6. The summed E-state index contributed by atoms with van der Waals surface area (Å²) in [5.74, 6) is 0. The first kappa shape index (κ1) is 11.5. The molecule has 0 aliphatic heterocycles. The first-order valence-corrected chi connectivity index (χ1v) is 5.60. The van der Waals surface area contributed by atoms with Crippen molar-refractivity contribution >= 4 is 11.6 Å². The van der Waals surface area contributed by atoms with Crippen LogP contribution in [0.2, 0.25) is 5.02 Å². The van der Waals surface area contributed by atoms with Gasteiger partial charge in [0, 0.05) is 11.1 Å². The van der Waals surface area contributed by atoms with Crippen molar-refractivity contribution in [3.63, 3.8) is 0 Å². The summed E-state index contributed by atoms with van der Waals surface area (Å²) >= 11 is 6.16. The average molecular weight is 212 g/mol. The van der Waals surface area contributed by atoms with Gasteiger partial charge in [0.05, 0.1) is 0 Å². The Labute approximate surface area is 91.3 Å². The van der Waals surface area contributed by atoms with Crippen LogP contribution in [-0.2, 0) is 6.42 Å². The summed E-state index contributed by atoms with van der Waals surface area (Å²) in [6.07, 6.45) is 3.16. The molecule has 1 nitrogen and oxygen atoms in total. The van der Waals surface area contributed by atoms with E-state index in [1.807, 2.05) is 6.07 Å². The molecule has 0 saturated carbocycles. The third-order valence-corrected chi connectivity index (χ3v) is 2.77. The van der Waals surface area contributed by atoms with E-state index in [1.54, 1.807) is 0 Å². The Bertz CT molecular complexity index is 296. The molecule has 1 unspecified atom stereocenters. The third-order valence-electron chi connectivity index (χ3n) is 2.44. The molecule has 1 atom stereocenters. The van der Waals surface area contributed by atoms with E-state index in [0.29, 0.717) is 0 Å². The molecule has 0 fully saturated rings. The Morgan fingerprint density at radius 3 is 2.57 bits per heavy atom. The number of benzene rings is 1. The normalized spacial score (nSPS) is 12.9. The summed E-state index contributed by atoms with van der Waals surface area (Å²) in [7, 11) is 0. The van der Waals surface area contributed by atoms with Gasteiger partial charge in [-0.3, -0.25) is 0 Å². The topological polar surface area (TPSA) is 26.0 Å². The predicted octanol–water partition coefficient (Wildman–Crippen LogP) is 3.70. The van der Waals surface area contributed by atoms with E-state index in [4.69, 9.17) is 17.3 Å². The van der Waals surface area contributed by atoms with Crippen molar-refractivity contribution in [3.05, 3.63) is 34.3 Å². The van der Waals surface area contributed by atoms with Gasteiger partial charge < -0.3 is 5.73 Å². The minimum Gasteiger partial charge on any atom is -0.324 e. The summed E-state index contributed by atoms with van der Waals surface area (Å²) < 4.78 is 0. The molecular weight excluding hydrogens is 194 g/mol. The molecule has 1 aromatic rings. The highest BCUT2D eigenvalue weighted by Gasteiger charge is 2.08. The van der Waals surface area contributed by atoms with Gasteiger partial charge in [-0.2, -0.15) is 0 Å². The molecule has 0 aromatic heterocycles. The lowest BCUT2D eigenvalue weighted by molar-refractivity contribution is 0.698. The molecular formula is C12H18ClN. The van der Waals surface area contributed by atoms with Gasteiger partial charge in [-0.15, -0.1) is 0 Å². The summed E-state index contributed by atoms with van der Waals surface area (Å²) in [6.45, 7) is 4.24. The Kier molecular flexibility index (Phi) is 4.43. The third kappa shape index (κ3) is 2.73. The molecule has 14 heavy (non-hydrogen) atoms. The standard InChI is InChI=1S/C12H18ClN/c1-3-5-9-6-7-10(11(13)8-9)12(14)4-2/h6-8,12H,3-5,14H2,1-2H3. The summed E-state index contributed by atoms with van der Waals surface area (Å²) in [4.78, 5) is 0. The Hall–Kier alpha value is -0.530. The van der Waals surface area contributed by atoms with Crippen LogP contribution in [0.4, 0.5) is 0 Å². The molecule has 0 amide bonds. The fourth-order valence-electron chi connectivity index (χ4n) is 1.54. The van der Waals surface area contributed by atoms with Crippen molar-refractivity contribution in [2.45, 2.75) is 39.2 Å². The average Bonchev–Trinajstić information content (AvgIpc) is 2.17. The summed E-state index contributed by atoms with van der Waals surface area (Å²) in [5.41, 5.74) is 8.29. The number of rotatable bonds is 4. The molecule has 0 saturated heterocycles. The van der Waals surface area contributed by atoms with E-state index in [1.165, 1.54) is 5.56 Å². The number of halogens is 1. The van der Waals surface area contributed by atoms with Crippen LogP contribution in [-0.4, -0.2) is 0 Å². The van der Waals surface area contributed by atoms with Crippen molar-refractivity contribution in [1.82, 2.24) is 0 Å². The Morgan fingerprint density at radius 2 is 2.07 bits per heavy atom. The van der Waals surface area contributed by atoms with Crippen molar-refractivity contribution in [3.8, 4) is 0 Å². The van der Waals surface area contributed by atoms with E-state index in [9.17, 15) is 0 Å². The molecule has 0 spiro atoms. The molecule has 1 aromatic carbocycles. The second kappa shape index (κ2) is 5.38. The lowest BCUT2D eigenvalue weighted by Gasteiger charge is -2.12. The highest BCUT2D eigenvalue weighted by atomic mass is 35.5. The molecule has 2 heteroatoms. The zero-order valence-electron chi connectivity index (χ0n) is 8.89. The maximum atomic E-state index is 6.16. The van der Waals surface area contributed by atoms with Gasteiger partial charge in [0.2, 0.25) is 0 Å². The van der Waals surface area contributed by atoms with Crippen LogP contribution in [0.25, 0.3) is 0 Å². The van der Waals surface area contributed by atoms with Crippen LogP contribution in [0, 0.1) is 0 Å². The fraction of sp³-hybridized carbons (Fsp3) is 0.500. The van der Waals surface area contributed by atoms with E-state index >= 15 is 0 Å². The van der Waals surface area contributed by atoms with Crippen LogP contribution < -0.4 is 5.73 Å². The quantitative estimate of drug-likeness (QED) is 0.808. The van der Waals surface area contributed by atoms with E-state index in [0.717, 1.165) is 29.8 Å². The fourth-order valence-corrected chi connectivity index (χ4v) is 1.88. The minimum atomic E-state index is 0.0678. The molecule has 2 N–H and O–H groups in total. The van der Waals surface area contributed by atoms with Crippen LogP contribution >= 0.6 is 11.6 Å². The Morgan fingerprint density at radius 1 is 1.36 bits per heavy atom.